The van der Waals surface area contributed by atoms with Gasteiger partial charge in [-0.05, 0) is 12.5 Å². The number of furan rings is 1. The van der Waals surface area contributed by atoms with Gasteiger partial charge in [-0.25, -0.2) is 9.59 Å². The fourth-order valence-electron chi connectivity index (χ4n) is 3.91. The second-order valence-corrected chi connectivity index (χ2v) is 7.45. The third-order valence-corrected chi connectivity index (χ3v) is 5.37. The van der Waals surface area contributed by atoms with E-state index in [0.717, 1.165) is 45.8 Å². The summed E-state index contributed by atoms with van der Waals surface area (Å²) in [5.41, 5.74) is 1.19. The molecule has 4 rings (SSSR count). The molecule has 0 aliphatic carbocycles. The highest BCUT2D eigenvalue weighted by atomic mass is 16.5. The van der Waals surface area contributed by atoms with Gasteiger partial charge in [-0.2, -0.15) is 0 Å². The van der Waals surface area contributed by atoms with Crippen molar-refractivity contribution in [3.05, 3.63) is 24.2 Å². The highest BCUT2D eigenvalue weighted by molar-refractivity contribution is 6.27. The summed E-state index contributed by atoms with van der Waals surface area (Å²) in [6.45, 7) is 6.36. The Hall–Kier alpha value is -2.43. The maximum Gasteiger partial charge on any atom is 0.414 e. The maximum absolute atomic E-state index is 12.6. The van der Waals surface area contributed by atoms with E-state index in [1.807, 2.05) is 11.0 Å². The van der Waals surface area contributed by atoms with Crippen LogP contribution >= 0.6 is 0 Å². The number of rotatable bonds is 3. The molecule has 10 heteroatoms. The number of aliphatic carboxylic acids is 2. The van der Waals surface area contributed by atoms with E-state index >= 15 is 0 Å². The first-order valence-electron chi connectivity index (χ1n) is 9.61. The average molecular weight is 410 g/mol. The quantitative estimate of drug-likeness (QED) is 0.668. The lowest BCUT2D eigenvalue weighted by Crippen LogP contribution is -2.37. The van der Waals surface area contributed by atoms with Crippen LogP contribution in [-0.2, 0) is 30.4 Å². The zero-order valence-electron chi connectivity index (χ0n) is 16.1. The van der Waals surface area contributed by atoms with Gasteiger partial charge < -0.3 is 29.0 Å². The van der Waals surface area contributed by atoms with Gasteiger partial charge in [0.1, 0.15) is 0 Å². The minimum atomic E-state index is -1.82. The van der Waals surface area contributed by atoms with Crippen LogP contribution < -0.4 is 0 Å². The first-order chi connectivity index (χ1) is 13.9. The Balaban J connectivity index is 0.000000353. The lowest BCUT2D eigenvalue weighted by molar-refractivity contribution is -0.159. The molecule has 160 valence electrons. The average Bonchev–Trinajstić information content (AvgIpc) is 3.43. The molecule has 3 aliphatic rings. The van der Waals surface area contributed by atoms with Gasteiger partial charge in [-0.1, -0.05) is 0 Å². The fourth-order valence-corrected chi connectivity index (χ4v) is 3.91. The van der Waals surface area contributed by atoms with Crippen LogP contribution in [-0.4, -0.2) is 90.0 Å². The van der Waals surface area contributed by atoms with Gasteiger partial charge in [0.15, 0.2) is 0 Å². The number of hydrogen-bond donors (Lipinski definition) is 2. The lowest BCUT2D eigenvalue weighted by Gasteiger charge is -2.23. The Morgan fingerprint density at radius 2 is 1.90 bits per heavy atom. The molecule has 0 aromatic carbocycles. The van der Waals surface area contributed by atoms with E-state index in [4.69, 9.17) is 33.7 Å². The number of hydrogen-bond acceptors (Lipinski definition) is 7. The molecule has 0 radical (unpaired) electrons. The van der Waals surface area contributed by atoms with Gasteiger partial charge in [-0.15, -0.1) is 0 Å². The minimum Gasteiger partial charge on any atom is -0.473 e. The normalized spacial score (nSPS) is 26.9. The molecule has 3 atom stereocenters. The summed E-state index contributed by atoms with van der Waals surface area (Å²) in [5.74, 6) is -2.94. The van der Waals surface area contributed by atoms with Crippen LogP contribution in [0.25, 0.3) is 0 Å². The van der Waals surface area contributed by atoms with Crippen molar-refractivity contribution < 1.29 is 38.5 Å². The zero-order chi connectivity index (χ0) is 20.8. The van der Waals surface area contributed by atoms with Crippen molar-refractivity contribution in [3.63, 3.8) is 0 Å². The van der Waals surface area contributed by atoms with Crippen molar-refractivity contribution in [2.24, 2.45) is 11.8 Å². The topological polar surface area (TPSA) is 130 Å². The number of likely N-dealkylation sites (tertiary alicyclic amines) is 1. The molecule has 1 unspecified atom stereocenters. The van der Waals surface area contributed by atoms with Crippen molar-refractivity contribution in [2.75, 3.05) is 46.0 Å². The van der Waals surface area contributed by atoms with Crippen LogP contribution in [0.4, 0.5) is 0 Å². The van der Waals surface area contributed by atoms with Crippen molar-refractivity contribution in [2.45, 2.75) is 19.1 Å². The number of carboxylic acids is 2. The van der Waals surface area contributed by atoms with E-state index in [0.29, 0.717) is 19.1 Å². The molecule has 0 spiro atoms. The molecular formula is C19H26N2O8. The van der Waals surface area contributed by atoms with Gasteiger partial charge >= 0.3 is 11.9 Å². The Bertz CT molecular complexity index is 689. The van der Waals surface area contributed by atoms with E-state index < -0.39 is 11.9 Å². The first-order valence-corrected chi connectivity index (χ1v) is 9.61. The number of carbonyl (C=O) groups is 3. The maximum atomic E-state index is 12.6. The van der Waals surface area contributed by atoms with E-state index in [-0.39, 0.29) is 17.9 Å². The van der Waals surface area contributed by atoms with E-state index in [1.54, 1.807) is 12.5 Å². The van der Waals surface area contributed by atoms with Crippen molar-refractivity contribution >= 4 is 17.8 Å². The third kappa shape index (κ3) is 5.78. The largest absolute Gasteiger partial charge is 0.473 e. The third-order valence-electron chi connectivity index (χ3n) is 5.37. The van der Waals surface area contributed by atoms with Gasteiger partial charge in [0, 0.05) is 50.8 Å². The summed E-state index contributed by atoms with van der Waals surface area (Å²) in [5, 5.41) is 14.8. The number of fused-ring (bicyclic) bond motifs is 1. The van der Waals surface area contributed by atoms with Crippen LogP contribution in [0.15, 0.2) is 23.0 Å². The van der Waals surface area contributed by atoms with Crippen molar-refractivity contribution in [1.29, 1.82) is 0 Å². The molecule has 1 aromatic rings. The van der Waals surface area contributed by atoms with Gasteiger partial charge in [0.2, 0.25) is 5.91 Å². The predicted octanol–water partition coefficient (Wildman–Crippen LogP) is 0.131. The molecule has 3 fully saturated rings. The lowest BCUT2D eigenvalue weighted by atomic mass is 10.1. The standard InChI is InChI=1S/C17H24N2O4.C2H2O4/c20-17(14-2-5-22-12-14)19-9-15-8-18(3-6-23-16(15)10-19)7-13-1-4-21-11-13;3-1(4)2(5)6/h1,4,11,14-16H,2-3,5-10,12H2;(H,3,4)(H,5,6)/t14?,15-,16+;/m0./s1. The number of amides is 1. The monoisotopic (exact) mass is 410 g/mol. The van der Waals surface area contributed by atoms with Gasteiger partial charge in [-0.3, -0.25) is 9.69 Å². The first kappa shape index (κ1) is 21.3. The van der Waals surface area contributed by atoms with Crippen LogP contribution in [0.3, 0.4) is 0 Å². The Kier molecular flexibility index (Phi) is 7.24. The Labute approximate surface area is 168 Å². The van der Waals surface area contributed by atoms with Crippen LogP contribution in [0.1, 0.15) is 12.0 Å². The smallest absolute Gasteiger partial charge is 0.414 e. The number of carboxylic acid groups (broad SMARTS) is 2. The second-order valence-electron chi connectivity index (χ2n) is 7.45. The van der Waals surface area contributed by atoms with Crippen LogP contribution in [0, 0.1) is 11.8 Å². The molecule has 1 aromatic heterocycles. The summed E-state index contributed by atoms with van der Waals surface area (Å²) in [7, 11) is 0. The Morgan fingerprint density at radius 3 is 2.52 bits per heavy atom. The summed E-state index contributed by atoms with van der Waals surface area (Å²) in [4.78, 5) is 35.2. The Morgan fingerprint density at radius 1 is 1.10 bits per heavy atom. The molecule has 3 aliphatic heterocycles. The summed E-state index contributed by atoms with van der Waals surface area (Å²) in [6, 6.07) is 2.01. The number of carbonyl (C=O) groups excluding carboxylic acids is 1. The van der Waals surface area contributed by atoms with E-state index in [1.165, 1.54) is 5.56 Å². The molecule has 0 saturated carbocycles. The van der Waals surface area contributed by atoms with E-state index in [2.05, 4.69) is 4.90 Å². The molecule has 29 heavy (non-hydrogen) atoms. The van der Waals surface area contributed by atoms with Crippen LogP contribution in [0.2, 0.25) is 0 Å². The molecule has 3 saturated heterocycles. The molecule has 0 bridgehead atoms. The van der Waals surface area contributed by atoms with Crippen molar-refractivity contribution in [3.8, 4) is 0 Å². The molecule has 10 nitrogen and oxygen atoms in total. The SMILES string of the molecule is O=C(C1CCOC1)N1C[C@@H]2CN(Cc3ccoc3)CCO[C@@H]2C1.O=C(O)C(=O)O. The summed E-state index contributed by atoms with van der Waals surface area (Å²) < 4.78 is 16.5. The molecular weight excluding hydrogens is 384 g/mol. The molecule has 4 heterocycles. The fraction of sp³-hybridized carbons (Fsp3) is 0.632. The summed E-state index contributed by atoms with van der Waals surface area (Å²) >= 11 is 0. The van der Waals surface area contributed by atoms with Gasteiger partial charge in [0.05, 0.1) is 37.8 Å². The van der Waals surface area contributed by atoms with E-state index in [9.17, 15) is 4.79 Å². The molecule has 2 N–H and O–H groups in total. The van der Waals surface area contributed by atoms with Crippen molar-refractivity contribution in [1.82, 2.24) is 9.80 Å². The van der Waals surface area contributed by atoms with Crippen LogP contribution in [0.5, 0.6) is 0 Å². The number of nitrogens with zero attached hydrogens (tertiary/aromatic N) is 2. The summed E-state index contributed by atoms with van der Waals surface area (Å²) in [6.07, 6.45) is 4.55. The minimum absolute atomic E-state index is 0.0550. The predicted molar refractivity (Wildman–Crippen MR) is 98.0 cm³/mol. The highest BCUT2D eigenvalue weighted by Gasteiger charge is 2.40. The molecule has 1 amide bonds. The number of ether oxygens (including phenoxy) is 2. The van der Waals surface area contributed by atoms with Gasteiger partial charge in [0.25, 0.3) is 0 Å². The highest BCUT2D eigenvalue weighted by Crippen LogP contribution is 2.27. The zero-order valence-corrected chi connectivity index (χ0v) is 16.1. The second kappa shape index (κ2) is 9.86.